The van der Waals surface area contributed by atoms with Crippen LogP contribution in [0.15, 0.2) is 30.6 Å². The molecule has 13 heteroatoms. The maximum absolute atomic E-state index is 14.9. The van der Waals surface area contributed by atoms with Crippen LogP contribution in [0.1, 0.15) is 0 Å². The van der Waals surface area contributed by atoms with Gasteiger partial charge in [-0.25, -0.2) is 32.4 Å². The molecule has 2 aliphatic rings. The summed E-state index contributed by atoms with van der Waals surface area (Å²) >= 11 is 0. The normalized spacial score (nSPS) is 19.8. The van der Waals surface area contributed by atoms with Crippen LogP contribution >= 0.6 is 0 Å². The van der Waals surface area contributed by atoms with Crippen molar-refractivity contribution < 1.29 is 31.9 Å². The van der Waals surface area contributed by atoms with Crippen LogP contribution in [-0.2, 0) is 19.3 Å². The summed E-state index contributed by atoms with van der Waals surface area (Å²) in [6, 6.07) is 4.32. The second-order valence-electron chi connectivity index (χ2n) is 7.56. The molecule has 4 rings (SSSR count). The molecule has 0 aliphatic carbocycles. The zero-order chi connectivity index (χ0) is 23.6. The van der Waals surface area contributed by atoms with Crippen LogP contribution in [0.3, 0.4) is 0 Å². The largest absolute Gasteiger partial charge is 0.453 e. The maximum atomic E-state index is 14.9. The molecule has 1 aromatic heterocycles. The van der Waals surface area contributed by atoms with Crippen molar-refractivity contribution in [2.75, 3.05) is 54.6 Å². The summed E-state index contributed by atoms with van der Waals surface area (Å²) < 4.78 is 47.7. The van der Waals surface area contributed by atoms with Crippen LogP contribution in [0.2, 0.25) is 0 Å². The van der Waals surface area contributed by atoms with Crippen molar-refractivity contribution in [3.05, 3.63) is 36.4 Å². The Morgan fingerprint density at radius 1 is 1.27 bits per heavy atom. The van der Waals surface area contributed by atoms with Crippen LogP contribution < -0.4 is 15.1 Å². The van der Waals surface area contributed by atoms with Gasteiger partial charge in [0.25, 0.3) is 0 Å². The van der Waals surface area contributed by atoms with Crippen LogP contribution in [-0.4, -0.2) is 81.5 Å². The number of nitrogens with zero attached hydrogens (tertiary/aromatic N) is 4. The summed E-state index contributed by atoms with van der Waals surface area (Å²) in [5, 5.41) is 2.45. The van der Waals surface area contributed by atoms with E-state index < -0.39 is 33.9 Å². The zero-order valence-electron chi connectivity index (χ0n) is 17.7. The standard InChI is InChI=1S/C20H22FN5O6S/c1-31-19(27)24-11-15-12-26(20(28)32-15)14-2-3-16(17(21)8-14)13-9-22-18(23-10-13)25-4-6-33(29,30)7-5-25/h2-3,8-10,15H,4-7,11-12H2,1H3,(H,24,27). The highest BCUT2D eigenvalue weighted by Gasteiger charge is 2.33. The van der Waals surface area contributed by atoms with E-state index in [9.17, 15) is 22.4 Å². The fraction of sp³-hybridized carbons (Fsp3) is 0.400. The number of methoxy groups -OCH3 is 1. The zero-order valence-corrected chi connectivity index (χ0v) is 18.5. The highest BCUT2D eigenvalue weighted by atomic mass is 32.2. The molecule has 1 aromatic carbocycles. The molecule has 0 saturated carbocycles. The van der Waals surface area contributed by atoms with E-state index in [2.05, 4.69) is 20.0 Å². The minimum atomic E-state index is -3.02. The number of carbonyl (C=O) groups is 2. The van der Waals surface area contributed by atoms with E-state index in [1.54, 1.807) is 11.0 Å². The molecule has 2 aromatic rings. The average molecular weight is 479 g/mol. The number of halogens is 1. The number of sulfone groups is 1. The minimum absolute atomic E-state index is 0.0484. The first-order valence-electron chi connectivity index (χ1n) is 10.1. The van der Waals surface area contributed by atoms with Crippen molar-refractivity contribution >= 4 is 33.7 Å². The molecule has 1 atom stereocenters. The van der Waals surface area contributed by atoms with E-state index in [0.29, 0.717) is 30.3 Å². The number of alkyl carbamates (subject to hydrolysis) is 1. The highest BCUT2D eigenvalue weighted by molar-refractivity contribution is 7.91. The molecule has 1 N–H and O–H groups in total. The Kier molecular flexibility index (Phi) is 6.31. The second-order valence-corrected chi connectivity index (χ2v) is 9.87. The number of benzene rings is 1. The first-order valence-corrected chi connectivity index (χ1v) is 12.0. The SMILES string of the molecule is COC(=O)NCC1CN(c2ccc(-c3cnc(N4CCS(=O)(=O)CC4)nc3)c(F)c2)C(=O)O1. The summed E-state index contributed by atoms with van der Waals surface area (Å²) in [6.45, 7) is 0.840. The van der Waals surface area contributed by atoms with Crippen LogP contribution in [0.5, 0.6) is 0 Å². The molecule has 2 amide bonds. The first-order chi connectivity index (χ1) is 15.8. The molecule has 0 bridgehead atoms. The van der Waals surface area contributed by atoms with Gasteiger partial charge in [0.1, 0.15) is 11.9 Å². The third-order valence-corrected chi connectivity index (χ3v) is 6.98. The molecule has 3 heterocycles. The lowest BCUT2D eigenvalue weighted by molar-refractivity contribution is 0.132. The summed E-state index contributed by atoms with van der Waals surface area (Å²) in [5.41, 5.74) is 1.01. The van der Waals surface area contributed by atoms with Crippen molar-refractivity contribution in [3.8, 4) is 11.1 Å². The Hall–Kier alpha value is -3.48. The Morgan fingerprint density at radius 2 is 1.97 bits per heavy atom. The molecule has 2 aliphatic heterocycles. The van der Waals surface area contributed by atoms with Gasteiger partial charge in [-0.15, -0.1) is 0 Å². The quantitative estimate of drug-likeness (QED) is 0.672. The molecule has 0 spiro atoms. The van der Waals surface area contributed by atoms with E-state index in [1.165, 1.54) is 36.5 Å². The summed E-state index contributed by atoms with van der Waals surface area (Å²) in [7, 11) is -1.79. The monoisotopic (exact) mass is 479 g/mol. The van der Waals surface area contributed by atoms with Crippen LogP contribution in [0.4, 0.5) is 25.6 Å². The molecule has 0 radical (unpaired) electrons. The molecular weight excluding hydrogens is 457 g/mol. The molecule has 33 heavy (non-hydrogen) atoms. The lowest BCUT2D eigenvalue weighted by Gasteiger charge is -2.26. The van der Waals surface area contributed by atoms with E-state index in [4.69, 9.17) is 4.74 Å². The van der Waals surface area contributed by atoms with Crippen LogP contribution in [0, 0.1) is 5.82 Å². The van der Waals surface area contributed by atoms with Crippen molar-refractivity contribution in [1.82, 2.24) is 15.3 Å². The number of hydrogen-bond donors (Lipinski definition) is 1. The predicted molar refractivity (Wildman–Crippen MR) is 116 cm³/mol. The first kappa shape index (κ1) is 22.7. The van der Waals surface area contributed by atoms with Gasteiger partial charge in [-0.2, -0.15) is 0 Å². The third kappa shape index (κ3) is 5.13. The number of carbonyl (C=O) groups excluding carboxylic acids is 2. The number of hydrogen-bond acceptors (Lipinski definition) is 9. The number of aromatic nitrogens is 2. The van der Waals surface area contributed by atoms with Gasteiger partial charge in [-0.1, -0.05) is 0 Å². The molecule has 1 unspecified atom stereocenters. The number of cyclic esters (lactones) is 1. The fourth-order valence-electron chi connectivity index (χ4n) is 3.55. The minimum Gasteiger partial charge on any atom is -0.453 e. The maximum Gasteiger partial charge on any atom is 0.414 e. The number of nitrogens with one attached hydrogen (secondary N) is 1. The summed E-state index contributed by atoms with van der Waals surface area (Å²) in [6.07, 6.45) is 1.07. The third-order valence-electron chi connectivity index (χ3n) is 5.37. The van der Waals surface area contributed by atoms with Gasteiger partial charge in [0.15, 0.2) is 9.84 Å². The fourth-order valence-corrected chi connectivity index (χ4v) is 4.75. The van der Waals surface area contributed by atoms with Crippen molar-refractivity contribution in [2.45, 2.75) is 6.10 Å². The molecule has 11 nitrogen and oxygen atoms in total. The highest BCUT2D eigenvalue weighted by Crippen LogP contribution is 2.29. The van der Waals surface area contributed by atoms with Gasteiger partial charge in [0.2, 0.25) is 5.95 Å². The molecular formula is C20H22FN5O6S. The van der Waals surface area contributed by atoms with E-state index in [0.717, 1.165) is 0 Å². The molecule has 176 valence electrons. The predicted octanol–water partition coefficient (Wildman–Crippen LogP) is 1.20. The van der Waals surface area contributed by atoms with Crippen molar-refractivity contribution in [1.29, 1.82) is 0 Å². The number of rotatable bonds is 5. The smallest absolute Gasteiger partial charge is 0.414 e. The lowest BCUT2D eigenvalue weighted by Crippen LogP contribution is -2.41. The van der Waals surface area contributed by atoms with E-state index >= 15 is 0 Å². The van der Waals surface area contributed by atoms with Gasteiger partial charge < -0.3 is 19.7 Å². The van der Waals surface area contributed by atoms with Crippen molar-refractivity contribution in [2.24, 2.45) is 0 Å². The topological polar surface area (TPSA) is 131 Å². The van der Waals surface area contributed by atoms with Gasteiger partial charge in [0.05, 0.1) is 37.4 Å². The van der Waals surface area contributed by atoms with Gasteiger partial charge in [0, 0.05) is 36.6 Å². The Morgan fingerprint density at radius 3 is 2.61 bits per heavy atom. The molecule has 2 fully saturated rings. The van der Waals surface area contributed by atoms with Gasteiger partial charge in [-0.3, -0.25) is 4.90 Å². The lowest BCUT2D eigenvalue weighted by atomic mass is 10.1. The number of ether oxygens (including phenoxy) is 2. The van der Waals surface area contributed by atoms with E-state index in [-0.39, 0.29) is 30.2 Å². The summed E-state index contributed by atoms with van der Waals surface area (Å²) in [4.78, 5) is 34.9. The molecule has 2 saturated heterocycles. The Balaban J connectivity index is 1.43. The number of amides is 2. The van der Waals surface area contributed by atoms with Gasteiger partial charge >= 0.3 is 12.2 Å². The van der Waals surface area contributed by atoms with Gasteiger partial charge in [-0.05, 0) is 18.2 Å². The summed E-state index contributed by atoms with van der Waals surface area (Å²) in [5.74, 6) is -0.0894. The van der Waals surface area contributed by atoms with E-state index in [1.807, 2.05) is 0 Å². The van der Waals surface area contributed by atoms with Crippen LogP contribution in [0.25, 0.3) is 11.1 Å². The average Bonchev–Trinajstić information content (AvgIpc) is 3.18. The Labute approximate surface area is 189 Å². The second kappa shape index (κ2) is 9.17. The van der Waals surface area contributed by atoms with Crippen molar-refractivity contribution in [3.63, 3.8) is 0 Å². The Bertz CT molecular complexity index is 1150. The number of anilines is 2.